The van der Waals surface area contributed by atoms with E-state index in [9.17, 15) is 22.8 Å². The molecule has 0 atom stereocenters. The predicted molar refractivity (Wildman–Crippen MR) is 115 cm³/mol. The van der Waals surface area contributed by atoms with Crippen LogP contribution >= 0.6 is 11.3 Å². The van der Waals surface area contributed by atoms with Crippen LogP contribution in [0.2, 0.25) is 0 Å². The van der Waals surface area contributed by atoms with Gasteiger partial charge in [0, 0.05) is 24.2 Å². The van der Waals surface area contributed by atoms with E-state index >= 15 is 0 Å². The zero-order valence-corrected chi connectivity index (χ0v) is 18.0. The molecule has 2 amide bonds. The summed E-state index contributed by atoms with van der Waals surface area (Å²) in [7, 11) is 0. The first-order chi connectivity index (χ1) is 15.2. The van der Waals surface area contributed by atoms with Gasteiger partial charge >= 0.3 is 6.18 Å². The van der Waals surface area contributed by atoms with Crippen molar-refractivity contribution in [2.75, 3.05) is 31.6 Å². The Kier molecular flexibility index (Phi) is 6.16. The lowest BCUT2D eigenvalue weighted by Crippen LogP contribution is -2.41. The molecule has 1 saturated heterocycles. The molecular weight excluding hydrogens is 443 g/mol. The molecule has 1 fully saturated rings. The summed E-state index contributed by atoms with van der Waals surface area (Å²) in [6.45, 7) is 3.94. The fourth-order valence-corrected chi connectivity index (χ4v) is 4.54. The number of morpholine rings is 1. The molecule has 1 N–H and O–H groups in total. The topological polar surface area (TPSA) is 71.5 Å². The van der Waals surface area contributed by atoms with Crippen molar-refractivity contribution in [3.8, 4) is 0 Å². The molecule has 0 aliphatic carbocycles. The van der Waals surface area contributed by atoms with Gasteiger partial charge in [0.15, 0.2) is 0 Å². The van der Waals surface area contributed by atoms with Crippen molar-refractivity contribution in [3.63, 3.8) is 0 Å². The fourth-order valence-electron chi connectivity index (χ4n) is 3.47. The largest absolute Gasteiger partial charge is 0.433 e. The van der Waals surface area contributed by atoms with Crippen molar-refractivity contribution in [2.24, 2.45) is 0 Å². The molecule has 0 radical (unpaired) electrons. The van der Waals surface area contributed by atoms with Crippen molar-refractivity contribution in [3.05, 3.63) is 58.1 Å². The molecule has 0 unspecified atom stereocenters. The Balaban J connectivity index is 1.45. The van der Waals surface area contributed by atoms with Gasteiger partial charge in [-0.05, 0) is 42.3 Å². The SMILES string of the molecule is Cc1c(C(=O)Nc2ccc(CC(=O)N3CCOCC3)cc2)sc2nc(C(F)(F)F)ccc12. The molecule has 0 saturated carbocycles. The normalized spacial score (nSPS) is 14.6. The van der Waals surface area contributed by atoms with Crippen LogP contribution in [0.15, 0.2) is 36.4 Å². The number of anilines is 1. The summed E-state index contributed by atoms with van der Waals surface area (Å²) in [5.74, 6) is -0.395. The third kappa shape index (κ3) is 4.76. The molecule has 1 aliphatic rings. The molecule has 1 aliphatic heterocycles. The number of pyridine rings is 1. The Labute approximate surface area is 186 Å². The Morgan fingerprint density at radius 3 is 2.47 bits per heavy atom. The quantitative estimate of drug-likeness (QED) is 0.627. The highest BCUT2D eigenvalue weighted by Crippen LogP contribution is 2.34. The molecule has 0 spiro atoms. The second kappa shape index (κ2) is 8.87. The second-order valence-electron chi connectivity index (χ2n) is 7.42. The third-order valence-corrected chi connectivity index (χ3v) is 6.43. The van der Waals surface area contributed by atoms with Crippen LogP contribution in [-0.2, 0) is 22.1 Å². The molecule has 3 aromatic rings. The van der Waals surface area contributed by atoms with E-state index in [-0.39, 0.29) is 17.2 Å². The van der Waals surface area contributed by atoms with E-state index in [0.29, 0.717) is 47.8 Å². The maximum absolute atomic E-state index is 12.9. The average Bonchev–Trinajstić information content (AvgIpc) is 3.11. The van der Waals surface area contributed by atoms with Crippen molar-refractivity contribution in [2.45, 2.75) is 19.5 Å². The van der Waals surface area contributed by atoms with E-state index in [0.717, 1.165) is 23.0 Å². The molecule has 32 heavy (non-hydrogen) atoms. The molecule has 168 valence electrons. The van der Waals surface area contributed by atoms with Gasteiger partial charge in [0.05, 0.1) is 24.5 Å². The van der Waals surface area contributed by atoms with Crippen LogP contribution < -0.4 is 5.32 Å². The molecule has 3 heterocycles. The van der Waals surface area contributed by atoms with Gasteiger partial charge in [-0.15, -0.1) is 11.3 Å². The van der Waals surface area contributed by atoms with Crippen LogP contribution in [0.3, 0.4) is 0 Å². The number of fused-ring (bicyclic) bond motifs is 1. The van der Waals surface area contributed by atoms with Crippen molar-refractivity contribution < 1.29 is 27.5 Å². The smallest absolute Gasteiger partial charge is 0.378 e. The molecule has 10 heteroatoms. The summed E-state index contributed by atoms with van der Waals surface area (Å²) < 4.78 is 44.0. The minimum atomic E-state index is -4.54. The minimum absolute atomic E-state index is 0.0247. The summed E-state index contributed by atoms with van der Waals surface area (Å²) in [4.78, 5) is 31.0. The van der Waals surface area contributed by atoms with E-state index in [4.69, 9.17) is 4.74 Å². The number of carbonyl (C=O) groups excluding carboxylic acids is 2. The number of thiophene rings is 1. The van der Waals surface area contributed by atoms with E-state index < -0.39 is 17.8 Å². The van der Waals surface area contributed by atoms with Crippen LogP contribution in [0.25, 0.3) is 10.2 Å². The van der Waals surface area contributed by atoms with E-state index in [1.54, 1.807) is 36.1 Å². The Hall–Kier alpha value is -2.98. The van der Waals surface area contributed by atoms with Crippen LogP contribution in [0.5, 0.6) is 0 Å². The number of alkyl halides is 3. The summed E-state index contributed by atoms with van der Waals surface area (Å²) in [5, 5.41) is 3.28. The predicted octanol–water partition coefficient (Wildman–Crippen LogP) is 4.28. The zero-order chi connectivity index (χ0) is 22.9. The summed E-state index contributed by atoms with van der Waals surface area (Å²) in [5.41, 5.74) is 0.941. The highest BCUT2D eigenvalue weighted by Gasteiger charge is 2.33. The second-order valence-corrected chi connectivity index (χ2v) is 8.42. The molecule has 4 rings (SSSR count). The van der Waals surface area contributed by atoms with Gasteiger partial charge in [0.25, 0.3) is 5.91 Å². The standard InChI is InChI=1S/C22H20F3N3O3S/c1-13-16-6-7-17(22(23,24)25)27-21(16)32-19(13)20(30)26-15-4-2-14(3-5-15)12-18(29)28-8-10-31-11-9-28/h2-7H,8-12H2,1H3,(H,26,30). The number of nitrogens with zero attached hydrogens (tertiary/aromatic N) is 2. The van der Waals surface area contributed by atoms with Crippen LogP contribution in [0, 0.1) is 6.92 Å². The lowest BCUT2D eigenvalue weighted by atomic mass is 10.1. The van der Waals surface area contributed by atoms with Gasteiger partial charge in [-0.2, -0.15) is 13.2 Å². The molecule has 1 aromatic carbocycles. The van der Waals surface area contributed by atoms with Crippen molar-refractivity contribution in [1.29, 1.82) is 0 Å². The number of aryl methyl sites for hydroxylation is 1. The lowest BCUT2D eigenvalue weighted by molar-refractivity contribution is -0.141. The first-order valence-corrected chi connectivity index (χ1v) is 10.8. The van der Waals surface area contributed by atoms with E-state index in [2.05, 4.69) is 10.3 Å². The number of carbonyl (C=O) groups is 2. The van der Waals surface area contributed by atoms with Gasteiger partial charge in [-0.25, -0.2) is 4.98 Å². The summed E-state index contributed by atoms with van der Waals surface area (Å²) >= 11 is 0.925. The molecule has 6 nitrogen and oxygen atoms in total. The van der Waals surface area contributed by atoms with Crippen molar-refractivity contribution >= 4 is 39.1 Å². The maximum Gasteiger partial charge on any atom is 0.433 e. The summed E-state index contributed by atoms with van der Waals surface area (Å²) in [6, 6.07) is 9.19. The van der Waals surface area contributed by atoms with Gasteiger partial charge in [-0.3, -0.25) is 9.59 Å². The monoisotopic (exact) mass is 463 g/mol. The minimum Gasteiger partial charge on any atom is -0.378 e. The van der Waals surface area contributed by atoms with Gasteiger partial charge in [0.2, 0.25) is 5.91 Å². The highest BCUT2D eigenvalue weighted by atomic mass is 32.1. The number of benzene rings is 1. The van der Waals surface area contributed by atoms with Crippen LogP contribution in [0.4, 0.5) is 18.9 Å². The van der Waals surface area contributed by atoms with E-state index in [1.807, 2.05) is 0 Å². The van der Waals surface area contributed by atoms with Gasteiger partial charge in [-0.1, -0.05) is 12.1 Å². The van der Waals surface area contributed by atoms with Crippen LogP contribution in [0.1, 0.15) is 26.5 Å². The number of halogens is 3. The van der Waals surface area contributed by atoms with E-state index in [1.165, 1.54) is 6.07 Å². The number of amides is 2. The number of hydrogen-bond acceptors (Lipinski definition) is 5. The molecular formula is C22H20F3N3O3S. The van der Waals surface area contributed by atoms with Gasteiger partial charge < -0.3 is 15.0 Å². The highest BCUT2D eigenvalue weighted by molar-refractivity contribution is 7.20. The summed E-state index contributed by atoms with van der Waals surface area (Å²) in [6.07, 6.45) is -4.28. The van der Waals surface area contributed by atoms with Crippen molar-refractivity contribution in [1.82, 2.24) is 9.88 Å². The number of rotatable bonds is 4. The fraction of sp³-hybridized carbons (Fsp3) is 0.318. The van der Waals surface area contributed by atoms with Gasteiger partial charge in [0.1, 0.15) is 10.5 Å². The third-order valence-electron chi connectivity index (χ3n) is 5.23. The average molecular weight is 463 g/mol. The number of hydrogen-bond donors (Lipinski definition) is 1. The maximum atomic E-state index is 12.9. The Morgan fingerprint density at radius 1 is 1.12 bits per heavy atom. The number of ether oxygens (including phenoxy) is 1. The Morgan fingerprint density at radius 2 is 1.81 bits per heavy atom. The first kappa shape index (κ1) is 22.2. The molecule has 0 bridgehead atoms. The molecule has 2 aromatic heterocycles. The zero-order valence-electron chi connectivity index (χ0n) is 17.2. The number of nitrogens with one attached hydrogen (secondary N) is 1. The lowest BCUT2D eigenvalue weighted by Gasteiger charge is -2.26. The first-order valence-electron chi connectivity index (χ1n) is 9.95. The van der Waals surface area contributed by atoms with Crippen LogP contribution in [-0.4, -0.2) is 48.0 Å². The number of aromatic nitrogens is 1. The Bertz CT molecular complexity index is 1150.